The van der Waals surface area contributed by atoms with Crippen molar-refractivity contribution in [2.24, 2.45) is 0 Å². The fraction of sp³-hybridized carbons (Fsp3) is 0.400. The first-order valence-electron chi connectivity index (χ1n) is 4.07. The standard InChI is InChI=1S/C10H12O2/c1-7-3-4-8(10-6-12-10)9(5-7)11-2/h3-5,10H,6H2,1-2H3. The van der Waals surface area contributed by atoms with E-state index in [2.05, 4.69) is 19.1 Å². The minimum absolute atomic E-state index is 0.278. The van der Waals surface area contributed by atoms with Crippen molar-refractivity contribution in [1.29, 1.82) is 0 Å². The van der Waals surface area contributed by atoms with Gasteiger partial charge in [0, 0.05) is 5.56 Å². The van der Waals surface area contributed by atoms with Crippen molar-refractivity contribution in [1.82, 2.24) is 0 Å². The zero-order valence-corrected chi connectivity index (χ0v) is 7.33. The van der Waals surface area contributed by atoms with E-state index in [0.29, 0.717) is 0 Å². The van der Waals surface area contributed by atoms with Crippen molar-refractivity contribution in [3.05, 3.63) is 29.3 Å². The second-order valence-electron chi connectivity index (χ2n) is 3.07. The largest absolute Gasteiger partial charge is 0.496 e. The zero-order valence-electron chi connectivity index (χ0n) is 7.33. The lowest BCUT2D eigenvalue weighted by atomic mass is 10.1. The Hall–Kier alpha value is -1.02. The molecule has 2 heteroatoms. The Labute approximate surface area is 72.1 Å². The van der Waals surface area contributed by atoms with E-state index in [9.17, 15) is 0 Å². The molecule has 1 heterocycles. The van der Waals surface area contributed by atoms with Gasteiger partial charge in [-0.15, -0.1) is 0 Å². The predicted molar refractivity (Wildman–Crippen MR) is 46.4 cm³/mol. The first-order valence-corrected chi connectivity index (χ1v) is 4.07. The molecule has 1 aliphatic rings. The Morgan fingerprint density at radius 1 is 1.50 bits per heavy atom. The Morgan fingerprint density at radius 3 is 2.83 bits per heavy atom. The summed E-state index contributed by atoms with van der Waals surface area (Å²) in [6.07, 6.45) is 0.278. The topological polar surface area (TPSA) is 21.8 Å². The second-order valence-corrected chi connectivity index (χ2v) is 3.07. The monoisotopic (exact) mass is 164 g/mol. The quantitative estimate of drug-likeness (QED) is 0.624. The zero-order chi connectivity index (χ0) is 8.55. The third-order valence-corrected chi connectivity index (χ3v) is 2.07. The molecule has 1 aromatic carbocycles. The summed E-state index contributed by atoms with van der Waals surface area (Å²) in [7, 11) is 1.70. The van der Waals surface area contributed by atoms with Crippen LogP contribution in [0.1, 0.15) is 17.2 Å². The average Bonchev–Trinajstić information content (AvgIpc) is 2.87. The smallest absolute Gasteiger partial charge is 0.125 e. The first kappa shape index (κ1) is 7.62. The van der Waals surface area contributed by atoms with Gasteiger partial charge in [0.15, 0.2) is 0 Å². The lowest BCUT2D eigenvalue weighted by Gasteiger charge is -2.06. The van der Waals surface area contributed by atoms with Gasteiger partial charge in [0.05, 0.1) is 13.7 Å². The van der Waals surface area contributed by atoms with Crippen LogP contribution in [0.2, 0.25) is 0 Å². The molecular weight excluding hydrogens is 152 g/mol. The summed E-state index contributed by atoms with van der Waals surface area (Å²) in [5, 5.41) is 0. The van der Waals surface area contributed by atoms with Crippen molar-refractivity contribution >= 4 is 0 Å². The molecule has 2 rings (SSSR count). The fourth-order valence-electron chi connectivity index (χ4n) is 1.31. The third kappa shape index (κ3) is 1.30. The number of hydrogen-bond donors (Lipinski definition) is 0. The molecule has 1 fully saturated rings. The maximum Gasteiger partial charge on any atom is 0.125 e. The Kier molecular flexibility index (Phi) is 1.77. The molecule has 1 aromatic rings. The number of ether oxygens (including phenoxy) is 2. The van der Waals surface area contributed by atoms with Crippen LogP contribution in [0.25, 0.3) is 0 Å². The molecule has 0 aromatic heterocycles. The van der Waals surface area contributed by atoms with E-state index < -0.39 is 0 Å². The Balaban J connectivity index is 2.38. The summed E-state index contributed by atoms with van der Waals surface area (Å²) in [5.41, 5.74) is 2.39. The van der Waals surface area contributed by atoms with E-state index in [0.717, 1.165) is 12.4 Å². The second kappa shape index (κ2) is 2.79. The first-order chi connectivity index (χ1) is 5.81. The molecular formula is C10H12O2. The van der Waals surface area contributed by atoms with Crippen molar-refractivity contribution < 1.29 is 9.47 Å². The normalized spacial score (nSPS) is 20.7. The lowest BCUT2D eigenvalue weighted by Crippen LogP contribution is -1.90. The predicted octanol–water partition coefficient (Wildman–Crippen LogP) is 2.07. The number of epoxide rings is 1. The highest BCUT2D eigenvalue weighted by molar-refractivity contribution is 5.39. The van der Waals surface area contributed by atoms with E-state index in [-0.39, 0.29) is 6.10 Å². The van der Waals surface area contributed by atoms with Gasteiger partial charge in [-0.25, -0.2) is 0 Å². The highest BCUT2D eigenvalue weighted by Crippen LogP contribution is 2.36. The van der Waals surface area contributed by atoms with Crippen LogP contribution >= 0.6 is 0 Å². The summed E-state index contributed by atoms with van der Waals surface area (Å²) in [6.45, 7) is 2.89. The van der Waals surface area contributed by atoms with Crippen LogP contribution in [-0.2, 0) is 4.74 Å². The van der Waals surface area contributed by atoms with Crippen LogP contribution in [0.4, 0.5) is 0 Å². The van der Waals surface area contributed by atoms with Gasteiger partial charge in [0.2, 0.25) is 0 Å². The molecule has 12 heavy (non-hydrogen) atoms. The minimum atomic E-state index is 0.278. The van der Waals surface area contributed by atoms with Crippen molar-refractivity contribution in [3.8, 4) is 5.75 Å². The Bertz CT molecular complexity index is 290. The third-order valence-electron chi connectivity index (χ3n) is 2.07. The average molecular weight is 164 g/mol. The van der Waals surface area contributed by atoms with Gasteiger partial charge in [-0.2, -0.15) is 0 Å². The maximum atomic E-state index is 5.25. The van der Waals surface area contributed by atoms with Crippen molar-refractivity contribution in [3.63, 3.8) is 0 Å². The number of rotatable bonds is 2. The molecule has 0 N–H and O–H groups in total. The highest BCUT2D eigenvalue weighted by Gasteiger charge is 2.27. The van der Waals surface area contributed by atoms with Crippen LogP contribution < -0.4 is 4.74 Å². The molecule has 0 saturated carbocycles. The summed E-state index contributed by atoms with van der Waals surface area (Å²) in [5.74, 6) is 0.942. The van der Waals surface area contributed by atoms with Crippen LogP contribution in [0.15, 0.2) is 18.2 Å². The molecule has 1 aliphatic heterocycles. The summed E-state index contributed by atoms with van der Waals surface area (Å²) < 4.78 is 10.4. The lowest BCUT2D eigenvalue weighted by molar-refractivity contribution is 0.383. The van der Waals surface area contributed by atoms with Gasteiger partial charge in [-0.3, -0.25) is 0 Å². The van der Waals surface area contributed by atoms with Crippen LogP contribution in [0, 0.1) is 6.92 Å². The van der Waals surface area contributed by atoms with Crippen molar-refractivity contribution in [2.45, 2.75) is 13.0 Å². The fourth-order valence-corrected chi connectivity index (χ4v) is 1.31. The van der Waals surface area contributed by atoms with Crippen LogP contribution in [-0.4, -0.2) is 13.7 Å². The van der Waals surface area contributed by atoms with Gasteiger partial charge in [-0.05, 0) is 18.6 Å². The van der Waals surface area contributed by atoms with Crippen LogP contribution in [0.5, 0.6) is 5.75 Å². The molecule has 0 aliphatic carbocycles. The van der Waals surface area contributed by atoms with Gasteiger partial charge >= 0.3 is 0 Å². The minimum Gasteiger partial charge on any atom is -0.496 e. The van der Waals surface area contributed by atoms with Crippen molar-refractivity contribution in [2.75, 3.05) is 13.7 Å². The van der Waals surface area contributed by atoms with Gasteiger partial charge in [0.25, 0.3) is 0 Å². The summed E-state index contributed by atoms with van der Waals surface area (Å²) in [6, 6.07) is 6.20. The van der Waals surface area contributed by atoms with Crippen LogP contribution in [0.3, 0.4) is 0 Å². The summed E-state index contributed by atoms with van der Waals surface area (Å²) in [4.78, 5) is 0. The van der Waals surface area contributed by atoms with Gasteiger partial charge in [-0.1, -0.05) is 12.1 Å². The van der Waals surface area contributed by atoms with E-state index >= 15 is 0 Å². The number of methoxy groups -OCH3 is 1. The van der Waals surface area contributed by atoms with E-state index in [1.54, 1.807) is 7.11 Å². The van der Waals surface area contributed by atoms with E-state index in [1.165, 1.54) is 11.1 Å². The molecule has 64 valence electrons. The van der Waals surface area contributed by atoms with Gasteiger partial charge in [0.1, 0.15) is 11.9 Å². The maximum absolute atomic E-state index is 5.25. The molecule has 1 saturated heterocycles. The number of benzene rings is 1. The Morgan fingerprint density at radius 2 is 2.25 bits per heavy atom. The molecule has 0 radical (unpaired) electrons. The highest BCUT2D eigenvalue weighted by atomic mass is 16.6. The van der Waals surface area contributed by atoms with E-state index in [1.807, 2.05) is 6.07 Å². The van der Waals surface area contributed by atoms with Gasteiger partial charge < -0.3 is 9.47 Å². The molecule has 2 nitrogen and oxygen atoms in total. The SMILES string of the molecule is COc1cc(C)ccc1C1CO1. The summed E-state index contributed by atoms with van der Waals surface area (Å²) >= 11 is 0. The molecule has 1 unspecified atom stereocenters. The number of aryl methyl sites for hydroxylation is 1. The van der Waals surface area contributed by atoms with E-state index in [4.69, 9.17) is 9.47 Å². The molecule has 0 amide bonds. The molecule has 0 spiro atoms. The molecule has 0 bridgehead atoms. The molecule has 1 atom stereocenters. The number of hydrogen-bond acceptors (Lipinski definition) is 2.